The average Bonchev–Trinajstić information content (AvgIpc) is 3.65. The second kappa shape index (κ2) is 13.4. The number of halogens is 1. The third-order valence-electron chi connectivity index (χ3n) is 9.38. The highest BCUT2D eigenvalue weighted by Crippen LogP contribution is 2.43. The maximum atomic E-state index is 14.3. The lowest BCUT2D eigenvalue weighted by Crippen LogP contribution is -2.52. The van der Waals surface area contributed by atoms with Gasteiger partial charge in [-0.3, -0.25) is 9.63 Å². The molecule has 2 saturated heterocycles. The minimum Gasteiger partial charge on any atom is -0.339 e. The van der Waals surface area contributed by atoms with Crippen molar-refractivity contribution in [2.24, 2.45) is 11.8 Å². The van der Waals surface area contributed by atoms with E-state index in [9.17, 15) is 14.0 Å². The zero-order chi connectivity index (χ0) is 29.7. The van der Waals surface area contributed by atoms with Gasteiger partial charge in [-0.15, -0.1) is 6.58 Å². The highest BCUT2D eigenvalue weighted by Gasteiger charge is 2.51. The minimum atomic E-state index is -0.612. The Morgan fingerprint density at radius 1 is 1.12 bits per heavy atom. The largest absolute Gasteiger partial charge is 0.339 e. The van der Waals surface area contributed by atoms with Crippen molar-refractivity contribution >= 4 is 11.9 Å². The van der Waals surface area contributed by atoms with Gasteiger partial charge in [-0.05, 0) is 49.8 Å². The van der Waals surface area contributed by atoms with E-state index in [-0.39, 0.29) is 42.2 Å². The molecular weight excluding hydrogens is 531 g/mol. The lowest BCUT2D eigenvalue weighted by Gasteiger charge is -2.42. The Morgan fingerprint density at radius 3 is 2.50 bits per heavy atom. The van der Waals surface area contributed by atoms with Gasteiger partial charge in [0.1, 0.15) is 11.4 Å². The first-order chi connectivity index (χ1) is 20.3. The molecule has 2 aliphatic heterocycles. The molecule has 0 spiro atoms. The molecule has 3 amide bonds. The normalized spacial score (nSPS) is 23.7. The van der Waals surface area contributed by atoms with Gasteiger partial charge in [0, 0.05) is 56.2 Å². The molecule has 1 N–H and O–H groups in total. The molecule has 1 aliphatic carbocycles. The van der Waals surface area contributed by atoms with Gasteiger partial charge < -0.3 is 15.1 Å². The number of carbonyl (C=O) groups is 2. The van der Waals surface area contributed by atoms with Crippen molar-refractivity contribution in [2.45, 2.75) is 70.6 Å². The van der Waals surface area contributed by atoms with Crippen molar-refractivity contribution in [1.82, 2.24) is 20.2 Å². The molecule has 5 rings (SSSR count). The van der Waals surface area contributed by atoms with E-state index in [2.05, 4.69) is 31.0 Å². The van der Waals surface area contributed by atoms with E-state index in [0.29, 0.717) is 38.3 Å². The highest BCUT2D eigenvalue weighted by molar-refractivity contribution is 5.79. The Balaban J connectivity index is 1.23. The molecule has 3 aliphatic rings. The van der Waals surface area contributed by atoms with Crippen molar-refractivity contribution in [1.29, 1.82) is 0 Å². The van der Waals surface area contributed by atoms with Crippen LogP contribution in [0.15, 0.2) is 61.2 Å². The summed E-state index contributed by atoms with van der Waals surface area (Å²) in [5, 5.41) is 4.94. The fraction of sp³-hybridized carbons (Fsp3) is 0.529. The molecule has 0 bridgehead atoms. The molecular formula is C34H45FN4O3. The van der Waals surface area contributed by atoms with Crippen molar-refractivity contribution in [3.63, 3.8) is 0 Å². The lowest BCUT2D eigenvalue weighted by molar-refractivity contribution is -0.268. The molecule has 2 aromatic carbocycles. The number of urea groups is 1. The highest BCUT2D eigenvalue weighted by atomic mass is 19.1. The molecule has 3 fully saturated rings. The van der Waals surface area contributed by atoms with E-state index in [1.807, 2.05) is 41.2 Å². The third kappa shape index (κ3) is 6.55. The van der Waals surface area contributed by atoms with Gasteiger partial charge >= 0.3 is 6.03 Å². The Bertz CT molecular complexity index is 1240. The minimum absolute atomic E-state index is 0.0137. The molecule has 226 valence electrons. The third-order valence-corrected chi connectivity index (χ3v) is 9.38. The second-order valence-electron chi connectivity index (χ2n) is 12.3. The predicted molar refractivity (Wildman–Crippen MR) is 162 cm³/mol. The topological polar surface area (TPSA) is 65.1 Å². The molecule has 0 aromatic heterocycles. The summed E-state index contributed by atoms with van der Waals surface area (Å²) >= 11 is 0. The van der Waals surface area contributed by atoms with Crippen LogP contribution in [0.2, 0.25) is 0 Å². The number of hydroxylamine groups is 2. The molecule has 0 unspecified atom stereocenters. The summed E-state index contributed by atoms with van der Waals surface area (Å²) in [5.41, 5.74) is 1.79. The number of hydrogen-bond donors (Lipinski definition) is 1. The summed E-state index contributed by atoms with van der Waals surface area (Å²) in [4.78, 5) is 37.4. The van der Waals surface area contributed by atoms with Crippen LogP contribution in [0.5, 0.6) is 0 Å². The number of piperidine rings is 1. The van der Waals surface area contributed by atoms with Crippen LogP contribution in [-0.2, 0) is 21.8 Å². The summed E-state index contributed by atoms with van der Waals surface area (Å²) in [6.45, 7) is 11.0. The van der Waals surface area contributed by atoms with Gasteiger partial charge in [0.25, 0.3) is 0 Å². The monoisotopic (exact) mass is 576 g/mol. The van der Waals surface area contributed by atoms with Crippen molar-refractivity contribution in [3.05, 3.63) is 83.7 Å². The number of rotatable bonds is 9. The van der Waals surface area contributed by atoms with E-state index in [1.165, 1.54) is 6.07 Å². The molecule has 42 heavy (non-hydrogen) atoms. The Hall–Kier alpha value is -3.23. The molecule has 2 heterocycles. The van der Waals surface area contributed by atoms with E-state index in [1.54, 1.807) is 17.0 Å². The van der Waals surface area contributed by atoms with Gasteiger partial charge in [0.2, 0.25) is 5.91 Å². The number of nitrogens with zero attached hydrogens (tertiary/aromatic N) is 3. The van der Waals surface area contributed by atoms with Gasteiger partial charge in [0.15, 0.2) is 0 Å². The first-order valence-electron chi connectivity index (χ1n) is 15.5. The van der Waals surface area contributed by atoms with Crippen molar-refractivity contribution in [2.75, 3.05) is 32.7 Å². The van der Waals surface area contributed by atoms with Crippen molar-refractivity contribution < 1.29 is 18.8 Å². The number of nitrogens with one attached hydrogen (secondary N) is 1. The zero-order valence-corrected chi connectivity index (χ0v) is 25.1. The maximum Gasteiger partial charge on any atom is 0.318 e. The number of carbonyl (C=O) groups excluding carboxylic acids is 2. The predicted octanol–water partition coefficient (Wildman–Crippen LogP) is 5.79. The van der Waals surface area contributed by atoms with Crippen LogP contribution in [0.25, 0.3) is 0 Å². The summed E-state index contributed by atoms with van der Waals surface area (Å²) < 4.78 is 14.3. The van der Waals surface area contributed by atoms with Crippen LogP contribution in [0.3, 0.4) is 0 Å². The summed E-state index contributed by atoms with van der Waals surface area (Å²) in [5.74, 6) is 0.237. The quantitative estimate of drug-likeness (QED) is 0.384. The van der Waals surface area contributed by atoms with E-state index < -0.39 is 5.60 Å². The number of benzene rings is 2. The SMILES string of the molecule is C=CCN(C(=O)NCc1ccc(C)cc1F)C1CCN(O[C@]2(c3ccccc3)CN(C(=O)C3CCCC3)C[C@@H]2C)CC1. The molecule has 8 heteroatoms. The number of likely N-dealkylation sites (tertiary alicyclic amines) is 1. The number of amides is 3. The van der Waals surface area contributed by atoms with Crippen molar-refractivity contribution in [3.8, 4) is 0 Å². The standard InChI is InChI=1S/C34H45FN4O3/c1-4-18-39(33(41)36-22-28-15-14-25(2)21-31(28)35)30-16-19-38(20-17-30)42-34(29-12-6-5-7-13-29)24-37(23-26(34)3)32(40)27-10-8-9-11-27/h4-7,12-15,21,26-27,30H,1,8-11,16-20,22-24H2,2-3H3,(H,36,41)/t26-,34+/m0/s1. The van der Waals surface area contributed by atoms with Gasteiger partial charge in [0.05, 0.1) is 6.54 Å². The number of hydrogen-bond acceptors (Lipinski definition) is 4. The first-order valence-corrected chi connectivity index (χ1v) is 15.5. The van der Waals surface area contributed by atoms with E-state index in [0.717, 1.165) is 49.7 Å². The summed E-state index contributed by atoms with van der Waals surface area (Å²) in [7, 11) is 0. The first kappa shape index (κ1) is 30.2. The van der Waals surface area contributed by atoms with E-state index in [4.69, 9.17) is 4.84 Å². The smallest absolute Gasteiger partial charge is 0.318 e. The fourth-order valence-corrected chi connectivity index (χ4v) is 6.93. The van der Waals surface area contributed by atoms with Gasteiger partial charge in [-0.1, -0.05) is 68.3 Å². The van der Waals surface area contributed by atoms with Gasteiger partial charge in [-0.25, -0.2) is 9.18 Å². The average molecular weight is 577 g/mol. The molecule has 2 atom stereocenters. The second-order valence-corrected chi connectivity index (χ2v) is 12.3. The zero-order valence-electron chi connectivity index (χ0n) is 25.1. The van der Waals surface area contributed by atoms with Gasteiger partial charge in [-0.2, -0.15) is 5.06 Å². The Morgan fingerprint density at radius 2 is 1.83 bits per heavy atom. The van der Waals surface area contributed by atoms with Crippen LogP contribution in [0.1, 0.15) is 62.1 Å². The van der Waals surface area contributed by atoms with Crippen LogP contribution in [-0.4, -0.2) is 65.6 Å². The molecule has 1 saturated carbocycles. The van der Waals surface area contributed by atoms with Crippen LogP contribution in [0.4, 0.5) is 9.18 Å². The molecule has 7 nitrogen and oxygen atoms in total. The summed E-state index contributed by atoms with van der Waals surface area (Å²) in [6.07, 6.45) is 7.47. The molecule has 2 aromatic rings. The maximum absolute atomic E-state index is 14.3. The number of aryl methyl sites for hydroxylation is 1. The molecule has 0 radical (unpaired) electrons. The summed E-state index contributed by atoms with van der Waals surface area (Å²) in [6, 6.07) is 15.1. The Labute approximate surface area is 249 Å². The fourth-order valence-electron chi connectivity index (χ4n) is 6.93. The Kier molecular flexibility index (Phi) is 9.63. The van der Waals surface area contributed by atoms with E-state index >= 15 is 0 Å². The van der Waals surface area contributed by atoms with Crippen LogP contribution >= 0.6 is 0 Å². The van der Waals surface area contributed by atoms with Crippen LogP contribution in [0, 0.1) is 24.6 Å². The lowest BCUT2D eigenvalue weighted by atomic mass is 9.85. The van der Waals surface area contributed by atoms with Crippen LogP contribution < -0.4 is 5.32 Å².